The summed E-state index contributed by atoms with van der Waals surface area (Å²) in [7, 11) is 0. The highest BCUT2D eigenvalue weighted by atomic mass is 32.1. The number of para-hydroxylation sites is 1. The number of nitrogens with one attached hydrogen (secondary N) is 2. The molecule has 138 valence electrons. The zero-order valence-corrected chi connectivity index (χ0v) is 15.4. The molecule has 1 aromatic carbocycles. The molecule has 1 saturated heterocycles. The smallest absolute Gasteiger partial charge is 0.288 e. The Morgan fingerprint density at radius 1 is 1.11 bits per heavy atom. The number of rotatable bonds is 3. The molecule has 2 N–H and O–H groups in total. The van der Waals surface area contributed by atoms with Crippen LogP contribution in [0.15, 0.2) is 48.7 Å². The molecule has 0 saturated carbocycles. The number of carbonyl (C=O) groups excluding carboxylic acids is 2. The van der Waals surface area contributed by atoms with E-state index in [1.165, 1.54) is 6.20 Å². The first kappa shape index (κ1) is 17.4. The van der Waals surface area contributed by atoms with Gasteiger partial charge in [-0.05, 0) is 37.1 Å². The molecule has 1 fully saturated rings. The molecule has 2 aromatic heterocycles. The highest BCUT2D eigenvalue weighted by Gasteiger charge is 2.27. The normalized spacial score (nSPS) is 16.9. The number of carbonyl (C=O) groups is 2. The fraction of sp³-hybridized carbons (Fsp3) is 0.263. The van der Waals surface area contributed by atoms with Crippen LogP contribution in [0.25, 0.3) is 10.2 Å². The molecule has 4 rings (SSSR count). The number of aromatic nitrogens is 2. The molecule has 2 amide bonds. The first-order chi connectivity index (χ1) is 13.2. The second-order valence-corrected chi connectivity index (χ2v) is 7.42. The molecule has 1 aliphatic heterocycles. The van der Waals surface area contributed by atoms with Crippen molar-refractivity contribution in [2.24, 2.45) is 5.92 Å². The summed E-state index contributed by atoms with van der Waals surface area (Å²) < 4.78 is 1.14. The number of benzene rings is 1. The molecule has 7 nitrogen and oxygen atoms in total. The number of hydrogen-bond donors (Lipinski definition) is 2. The van der Waals surface area contributed by atoms with Gasteiger partial charge in [0.1, 0.15) is 5.69 Å². The number of hydrogen-bond acceptors (Lipinski definition) is 6. The Bertz CT molecular complexity index is 926. The second-order valence-electron chi connectivity index (χ2n) is 6.41. The quantitative estimate of drug-likeness (QED) is 0.680. The van der Waals surface area contributed by atoms with Crippen molar-refractivity contribution >= 4 is 38.5 Å². The van der Waals surface area contributed by atoms with Crippen LogP contribution in [0.3, 0.4) is 0 Å². The molecule has 8 heteroatoms. The fourth-order valence-electron chi connectivity index (χ4n) is 3.14. The van der Waals surface area contributed by atoms with Gasteiger partial charge in [-0.25, -0.2) is 4.98 Å². The molecule has 27 heavy (non-hydrogen) atoms. The minimum Gasteiger partial charge on any atom is -0.347 e. The summed E-state index contributed by atoms with van der Waals surface area (Å²) >= 11 is 1.64. The molecule has 1 atom stereocenters. The zero-order chi connectivity index (χ0) is 18.6. The Hall–Kier alpha value is -3.00. The number of pyridine rings is 1. The third-order valence-electron chi connectivity index (χ3n) is 4.54. The second kappa shape index (κ2) is 7.71. The van der Waals surface area contributed by atoms with E-state index in [1.54, 1.807) is 29.5 Å². The highest BCUT2D eigenvalue weighted by Crippen LogP contribution is 2.31. The van der Waals surface area contributed by atoms with E-state index in [9.17, 15) is 9.59 Å². The predicted octanol–water partition coefficient (Wildman–Crippen LogP) is 2.37. The van der Waals surface area contributed by atoms with Crippen molar-refractivity contribution < 1.29 is 9.59 Å². The maximum Gasteiger partial charge on any atom is 0.288 e. The number of anilines is 1. The van der Waals surface area contributed by atoms with Crippen LogP contribution < -0.4 is 15.8 Å². The maximum atomic E-state index is 12.5. The number of fused-ring (bicyclic) bond motifs is 1. The minimum atomic E-state index is -0.428. The standard InChI is InChI=1S/C19H19N5O2S/c25-17(22-23-18(26)15-8-3-4-10-20-15)13-6-5-11-24(12-13)19-21-14-7-1-2-9-16(14)27-19/h1-4,7-10,13H,5-6,11-12H2,(H,22,25)(H,23,26). The van der Waals surface area contributed by atoms with Gasteiger partial charge >= 0.3 is 0 Å². The Balaban J connectivity index is 1.37. The summed E-state index contributed by atoms with van der Waals surface area (Å²) in [4.78, 5) is 35.3. The third kappa shape index (κ3) is 3.90. The minimum absolute atomic E-state index is 0.190. The molecule has 0 bridgehead atoms. The zero-order valence-electron chi connectivity index (χ0n) is 14.6. The van der Waals surface area contributed by atoms with Crippen LogP contribution in [0.2, 0.25) is 0 Å². The Morgan fingerprint density at radius 3 is 2.78 bits per heavy atom. The molecule has 0 spiro atoms. The SMILES string of the molecule is O=C(NNC(=O)C1CCCN(c2nc3ccccc3s2)C1)c1ccccn1. The summed E-state index contributed by atoms with van der Waals surface area (Å²) in [6, 6.07) is 13.1. The van der Waals surface area contributed by atoms with Crippen LogP contribution in [0.5, 0.6) is 0 Å². The molecule has 0 radical (unpaired) electrons. The summed E-state index contributed by atoms with van der Waals surface area (Å²) in [5.41, 5.74) is 6.21. The van der Waals surface area contributed by atoms with Gasteiger partial charge in [0, 0.05) is 19.3 Å². The van der Waals surface area contributed by atoms with E-state index in [0.717, 1.165) is 34.7 Å². The Kier molecular flexibility index (Phi) is 4.97. The predicted molar refractivity (Wildman–Crippen MR) is 104 cm³/mol. The van der Waals surface area contributed by atoms with E-state index in [4.69, 9.17) is 0 Å². The first-order valence-electron chi connectivity index (χ1n) is 8.82. The van der Waals surface area contributed by atoms with Gasteiger partial charge in [0.05, 0.1) is 16.1 Å². The van der Waals surface area contributed by atoms with Gasteiger partial charge in [-0.15, -0.1) is 0 Å². The first-order valence-corrected chi connectivity index (χ1v) is 9.64. The molecule has 3 heterocycles. The van der Waals surface area contributed by atoms with Crippen LogP contribution in [-0.4, -0.2) is 34.9 Å². The van der Waals surface area contributed by atoms with Crippen molar-refractivity contribution in [3.05, 3.63) is 54.4 Å². The lowest BCUT2D eigenvalue weighted by Gasteiger charge is -2.31. The molecular formula is C19H19N5O2S. The Morgan fingerprint density at radius 2 is 1.96 bits per heavy atom. The summed E-state index contributed by atoms with van der Waals surface area (Å²) in [6.45, 7) is 1.47. The van der Waals surface area contributed by atoms with Gasteiger partial charge < -0.3 is 4.90 Å². The third-order valence-corrected chi connectivity index (χ3v) is 5.64. The van der Waals surface area contributed by atoms with E-state index in [0.29, 0.717) is 6.54 Å². The molecule has 0 aliphatic carbocycles. The van der Waals surface area contributed by atoms with Crippen LogP contribution in [0.4, 0.5) is 5.13 Å². The number of nitrogens with zero attached hydrogens (tertiary/aromatic N) is 3. The van der Waals surface area contributed by atoms with Crippen molar-refractivity contribution in [2.45, 2.75) is 12.8 Å². The van der Waals surface area contributed by atoms with Crippen LogP contribution in [-0.2, 0) is 4.79 Å². The number of thiazole rings is 1. The lowest BCUT2D eigenvalue weighted by Crippen LogP contribution is -2.49. The van der Waals surface area contributed by atoms with Gasteiger partial charge in [-0.3, -0.25) is 25.4 Å². The van der Waals surface area contributed by atoms with Crippen LogP contribution >= 0.6 is 11.3 Å². The molecule has 1 unspecified atom stereocenters. The van der Waals surface area contributed by atoms with Crippen LogP contribution in [0, 0.1) is 5.92 Å². The van der Waals surface area contributed by atoms with Crippen molar-refractivity contribution in [3.8, 4) is 0 Å². The van der Waals surface area contributed by atoms with Gasteiger partial charge in [0.25, 0.3) is 5.91 Å². The molecule has 1 aliphatic rings. The van der Waals surface area contributed by atoms with Crippen molar-refractivity contribution in [2.75, 3.05) is 18.0 Å². The fourth-order valence-corrected chi connectivity index (χ4v) is 4.14. The van der Waals surface area contributed by atoms with E-state index in [2.05, 4.69) is 31.8 Å². The molecular weight excluding hydrogens is 362 g/mol. The van der Waals surface area contributed by atoms with Crippen molar-refractivity contribution in [3.63, 3.8) is 0 Å². The summed E-state index contributed by atoms with van der Waals surface area (Å²) in [6.07, 6.45) is 3.22. The lowest BCUT2D eigenvalue weighted by atomic mass is 9.98. The largest absolute Gasteiger partial charge is 0.347 e. The topological polar surface area (TPSA) is 87.2 Å². The number of hydrazine groups is 1. The monoisotopic (exact) mass is 381 g/mol. The highest BCUT2D eigenvalue weighted by molar-refractivity contribution is 7.22. The van der Waals surface area contributed by atoms with E-state index < -0.39 is 5.91 Å². The summed E-state index contributed by atoms with van der Waals surface area (Å²) in [5.74, 6) is -0.817. The van der Waals surface area contributed by atoms with Gasteiger partial charge in [-0.2, -0.15) is 0 Å². The summed E-state index contributed by atoms with van der Waals surface area (Å²) in [5, 5.41) is 0.936. The number of piperidine rings is 1. The van der Waals surface area contributed by atoms with Crippen LogP contribution in [0.1, 0.15) is 23.3 Å². The maximum absolute atomic E-state index is 12.5. The van der Waals surface area contributed by atoms with Crippen molar-refractivity contribution in [1.29, 1.82) is 0 Å². The van der Waals surface area contributed by atoms with Crippen molar-refractivity contribution in [1.82, 2.24) is 20.8 Å². The van der Waals surface area contributed by atoms with Gasteiger partial charge in [0.2, 0.25) is 5.91 Å². The van der Waals surface area contributed by atoms with Gasteiger partial charge in [-0.1, -0.05) is 29.5 Å². The number of amides is 2. The average Bonchev–Trinajstić information content (AvgIpc) is 3.17. The lowest BCUT2D eigenvalue weighted by molar-refractivity contribution is -0.126. The molecule has 3 aromatic rings. The van der Waals surface area contributed by atoms with E-state index >= 15 is 0 Å². The van der Waals surface area contributed by atoms with E-state index in [1.807, 2.05) is 18.2 Å². The Labute approximate surface area is 160 Å². The average molecular weight is 381 g/mol. The van der Waals surface area contributed by atoms with E-state index in [-0.39, 0.29) is 17.5 Å². The van der Waals surface area contributed by atoms with Gasteiger partial charge in [0.15, 0.2) is 5.13 Å².